The SMILES string of the molecule is Cc1cc(C)cc(-n2ncc3c(=O)n(CC(=O)NCC4CN(CC(C)C)CCO4)cnc32)c1. The van der Waals surface area contributed by atoms with Crippen molar-refractivity contribution in [3.05, 3.63) is 52.2 Å². The average Bonchev–Trinajstić information content (AvgIpc) is 3.18. The van der Waals surface area contributed by atoms with E-state index in [-0.39, 0.29) is 24.1 Å². The molecule has 1 fully saturated rings. The van der Waals surface area contributed by atoms with Gasteiger partial charge in [0.1, 0.15) is 18.3 Å². The Morgan fingerprint density at radius 3 is 2.73 bits per heavy atom. The molecule has 0 radical (unpaired) electrons. The van der Waals surface area contributed by atoms with Gasteiger partial charge >= 0.3 is 0 Å². The van der Waals surface area contributed by atoms with Gasteiger partial charge in [0, 0.05) is 26.2 Å². The van der Waals surface area contributed by atoms with Gasteiger partial charge in [0.05, 0.1) is 24.6 Å². The molecule has 0 spiro atoms. The number of hydrogen-bond donors (Lipinski definition) is 1. The van der Waals surface area contributed by atoms with Crippen molar-refractivity contribution in [3.8, 4) is 5.69 Å². The zero-order valence-electron chi connectivity index (χ0n) is 19.7. The van der Waals surface area contributed by atoms with Gasteiger partial charge in [-0.2, -0.15) is 5.10 Å². The second kappa shape index (κ2) is 9.84. The molecule has 1 N–H and O–H groups in total. The van der Waals surface area contributed by atoms with Crippen LogP contribution in [-0.4, -0.2) is 69.0 Å². The van der Waals surface area contributed by atoms with Crippen molar-refractivity contribution in [2.75, 3.05) is 32.8 Å². The molecule has 3 aromatic rings. The highest BCUT2D eigenvalue weighted by molar-refractivity contribution is 5.78. The second-order valence-corrected chi connectivity index (χ2v) is 9.27. The van der Waals surface area contributed by atoms with Gasteiger partial charge in [0.15, 0.2) is 5.65 Å². The lowest BCUT2D eigenvalue weighted by atomic mass is 10.1. The summed E-state index contributed by atoms with van der Waals surface area (Å²) in [6.45, 7) is 12.1. The normalized spacial score (nSPS) is 17.1. The van der Waals surface area contributed by atoms with E-state index in [0.29, 0.717) is 30.1 Å². The second-order valence-electron chi connectivity index (χ2n) is 9.27. The molecule has 0 aliphatic carbocycles. The van der Waals surface area contributed by atoms with Gasteiger partial charge in [-0.15, -0.1) is 0 Å². The molecule has 1 amide bonds. The van der Waals surface area contributed by atoms with E-state index >= 15 is 0 Å². The third-order valence-corrected chi connectivity index (χ3v) is 5.69. The number of nitrogens with zero attached hydrogens (tertiary/aromatic N) is 5. The largest absolute Gasteiger partial charge is 0.374 e. The van der Waals surface area contributed by atoms with E-state index in [0.717, 1.165) is 36.4 Å². The van der Waals surface area contributed by atoms with Gasteiger partial charge in [0.2, 0.25) is 5.91 Å². The molecule has 1 saturated heterocycles. The number of ether oxygens (including phenoxy) is 1. The fourth-order valence-corrected chi connectivity index (χ4v) is 4.35. The van der Waals surface area contributed by atoms with Crippen molar-refractivity contribution in [2.24, 2.45) is 5.92 Å². The fraction of sp³-hybridized carbons (Fsp3) is 0.500. The summed E-state index contributed by atoms with van der Waals surface area (Å²) in [6, 6.07) is 6.07. The van der Waals surface area contributed by atoms with Crippen molar-refractivity contribution >= 4 is 16.9 Å². The van der Waals surface area contributed by atoms with Gasteiger partial charge in [0.25, 0.3) is 5.56 Å². The number of aromatic nitrogens is 4. The molecule has 0 saturated carbocycles. The topological polar surface area (TPSA) is 94.3 Å². The molecule has 4 rings (SSSR count). The Kier molecular flexibility index (Phi) is 6.90. The van der Waals surface area contributed by atoms with E-state index in [9.17, 15) is 9.59 Å². The van der Waals surface area contributed by atoms with Crippen LogP contribution in [0.1, 0.15) is 25.0 Å². The maximum Gasteiger partial charge on any atom is 0.264 e. The van der Waals surface area contributed by atoms with Crippen molar-refractivity contribution in [1.82, 2.24) is 29.5 Å². The highest BCUT2D eigenvalue weighted by Crippen LogP contribution is 2.17. The van der Waals surface area contributed by atoms with E-state index in [2.05, 4.69) is 40.2 Å². The van der Waals surface area contributed by atoms with Crippen LogP contribution in [-0.2, 0) is 16.1 Å². The van der Waals surface area contributed by atoms with Gasteiger partial charge in [-0.1, -0.05) is 19.9 Å². The van der Waals surface area contributed by atoms with Crippen molar-refractivity contribution < 1.29 is 9.53 Å². The molecule has 0 bridgehead atoms. The molecule has 176 valence electrons. The predicted octanol–water partition coefficient (Wildman–Crippen LogP) is 1.67. The van der Waals surface area contributed by atoms with Gasteiger partial charge < -0.3 is 10.1 Å². The third-order valence-electron chi connectivity index (χ3n) is 5.69. The molecule has 9 heteroatoms. The van der Waals surface area contributed by atoms with Crippen molar-refractivity contribution in [3.63, 3.8) is 0 Å². The number of morpholine rings is 1. The molecule has 1 atom stereocenters. The number of benzene rings is 1. The first-order valence-electron chi connectivity index (χ1n) is 11.4. The number of carbonyl (C=O) groups excluding carboxylic acids is 1. The first-order valence-corrected chi connectivity index (χ1v) is 11.4. The number of aryl methyl sites for hydroxylation is 2. The minimum Gasteiger partial charge on any atom is -0.374 e. The van der Waals surface area contributed by atoms with Crippen LogP contribution in [0.15, 0.2) is 35.5 Å². The lowest BCUT2D eigenvalue weighted by Crippen LogP contribution is -2.48. The van der Waals surface area contributed by atoms with Crippen LogP contribution in [0.2, 0.25) is 0 Å². The van der Waals surface area contributed by atoms with Gasteiger partial charge in [-0.05, 0) is 43.0 Å². The first kappa shape index (κ1) is 23.1. The summed E-state index contributed by atoms with van der Waals surface area (Å²) < 4.78 is 8.76. The smallest absolute Gasteiger partial charge is 0.264 e. The van der Waals surface area contributed by atoms with E-state index in [1.807, 2.05) is 26.0 Å². The highest BCUT2D eigenvalue weighted by atomic mass is 16.5. The zero-order chi connectivity index (χ0) is 23.5. The Hall–Kier alpha value is -3.04. The number of hydrogen-bond acceptors (Lipinski definition) is 6. The standard InChI is InChI=1S/C24H32N6O3/c1-16(2)12-28-5-6-33-20(13-28)10-25-22(31)14-29-15-26-23-21(24(29)32)11-27-30(23)19-8-17(3)7-18(4)9-19/h7-9,11,15-16,20H,5-6,10,12-14H2,1-4H3,(H,25,31). The number of nitrogens with one attached hydrogen (secondary N) is 1. The zero-order valence-corrected chi connectivity index (χ0v) is 19.7. The van der Waals surface area contributed by atoms with Crippen LogP contribution in [0, 0.1) is 19.8 Å². The highest BCUT2D eigenvalue weighted by Gasteiger charge is 2.21. The Morgan fingerprint density at radius 1 is 1.24 bits per heavy atom. The first-order chi connectivity index (χ1) is 15.8. The Balaban J connectivity index is 1.42. The molecule has 1 aromatic carbocycles. The third kappa shape index (κ3) is 5.48. The summed E-state index contributed by atoms with van der Waals surface area (Å²) in [5, 5.41) is 7.65. The van der Waals surface area contributed by atoms with Crippen LogP contribution < -0.4 is 10.9 Å². The summed E-state index contributed by atoms with van der Waals surface area (Å²) in [5.74, 6) is 0.344. The minimum absolute atomic E-state index is 0.0465. The molecule has 1 unspecified atom stereocenters. The summed E-state index contributed by atoms with van der Waals surface area (Å²) in [5.41, 5.74) is 3.25. The quantitative estimate of drug-likeness (QED) is 0.586. The number of fused-ring (bicyclic) bond motifs is 1. The fourth-order valence-electron chi connectivity index (χ4n) is 4.35. The molecule has 1 aliphatic rings. The Bertz CT molecular complexity index is 1180. The van der Waals surface area contributed by atoms with Crippen LogP contribution >= 0.6 is 0 Å². The molecule has 9 nitrogen and oxygen atoms in total. The summed E-state index contributed by atoms with van der Waals surface area (Å²) >= 11 is 0. The molecule has 33 heavy (non-hydrogen) atoms. The van der Waals surface area contributed by atoms with Gasteiger partial charge in [-0.3, -0.25) is 19.1 Å². The number of rotatable bonds is 7. The number of carbonyl (C=O) groups is 1. The monoisotopic (exact) mass is 452 g/mol. The maximum atomic E-state index is 13.0. The van der Waals surface area contributed by atoms with E-state index in [1.165, 1.54) is 17.1 Å². The lowest BCUT2D eigenvalue weighted by Gasteiger charge is -2.33. The lowest BCUT2D eigenvalue weighted by molar-refractivity contribution is -0.123. The van der Waals surface area contributed by atoms with Crippen LogP contribution in [0.4, 0.5) is 0 Å². The summed E-state index contributed by atoms with van der Waals surface area (Å²) in [4.78, 5) is 32.3. The molecule has 2 aromatic heterocycles. The van der Waals surface area contributed by atoms with E-state index < -0.39 is 0 Å². The molecule has 1 aliphatic heterocycles. The van der Waals surface area contributed by atoms with Crippen LogP contribution in [0.25, 0.3) is 16.7 Å². The molecular weight excluding hydrogens is 420 g/mol. The van der Waals surface area contributed by atoms with Crippen LogP contribution in [0.3, 0.4) is 0 Å². The average molecular weight is 453 g/mol. The molecular formula is C24H32N6O3. The summed E-state index contributed by atoms with van der Waals surface area (Å²) in [6.07, 6.45) is 2.87. The minimum atomic E-state index is -0.289. The summed E-state index contributed by atoms with van der Waals surface area (Å²) in [7, 11) is 0. The number of amides is 1. The molecule has 3 heterocycles. The van der Waals surface area contributed by atoms with Crippen LogP contribution in [0.5, 0.6) is 0 Å². The maximum absolute atomic E-state index is 13.0. The predicted molar refractivity (Wildman–Crippen MR) is 127 cm³/mol. The van der Waals surface area contributed by atoms with E-state index in [1.54, 1.807) is 4.68 Å². The Labute approximate surface area is 193 Å². The van der Waals surface area contributed by atoms with Gasteiger partial charge in [-0.25, -0.2) is 9.67 Å². The van der Waals surface area contributed by atoms with E-state index in [4.69, 9.17) is 4.74 Å². The van der Waals surface area contributed by atoms with Crippen molar-refractivity contribution in [2.45, 2.75) is 40.3 Å². The Morgan fingerprint density at radius 2 is 2.00 bits per heavy atom. The van der Waals surface area contributed by atoms with Crippen molar-refractivity contribution in [1.29, 1.82) is 0 Å².